The first-order valence-electron chi connectivity index (χ1n) is 18.6. The number of aromatic nitrogens is 12. The van der Waals surface area contributed by atoms with Gasteiger partial charge in [0.1, 0.15) is 17.4 Å². The van der Waals surface area contributed by atoms with Crippen LogP contribution in [0.2, 0.25) is 0 Å². The summed E-state index contributed by atoms with van der Waals surface area (Å²) in [4.78, 5) is 119. The quantitative estimate of drug-likeness (QED) is 0.172. The van der Waals surface area contributed by atoms with Crippen LogP contribution in [0.15, 0.2) is 93.5 Å². The highest BCUT2D eigenvalue weighted by Crippen LogP contribution is 2.11. The van der Waals surface area contributed by atoms with E-state index in [2.05, 4.69) is 39.9 Å². The third-order valence-corrected chi connectivity index (χ3v) is 10.0. The number of hydrogen-bond donors (Lipinski definition) is 4. The van der Waals surface area contributed by atoms with Gasteiger partial charge in [-0.2, -0.15) is 0 Å². The second-order valence-electron chi connectivity index (χ2n) is 13.9. The third-order valence-electron chi connectivity index (χ3n) is 10.0. The van der Waals surface area contributed by atoms with Crippen LogP contribution in [-0.2, 0) is 19.2 Å². The van der Waals surface area contributed by atoms with E-state index in [9.17, 15) is 38.4 Å². The molecule has 0 aliphatic carbocycles. The van der Waals surface area contributed by atoms with E-state index in [1.807, 2.05) is 12.1 Å². The average Bonchev–Trinajstić information content (AvgIpc) is 4.06. The molecule has 4 unspecified atom stereocenters. The Balaban J connectivity index is 0.000000152. The van der Waals surface area contributed by atoms with Gasteiger partial charge in [-0.05, 0) is 79.7 Å². The van der Waals surface area contributed by atoms with E-state index < -0.39 is 24.2 Å². The van der Waals surface area contributed by atoms with Crippen molar-refractivity contribution in [3.8, 4) is 0 Å². The lowest BCUT2D eigenvalue weighted by Gasteiger charge is -2.11. The van der Waals surface area contributed by atoms with E-state index in [0.29, 0.717) is 38.7 Å². The summed E-state index contributed by atoms with van der Waals surface area (Å²) in [7, 11) is 0. The largest absolute Gasteiger partial charge is 0.357 e. The Bertz CT molecular complexity index is 2690. The summed E-state index contributed by atoms with van der Waals surface area (Å²) < 4.78 is 5.47. The average molecular weight is 821 g/mol. The zero-order valence-electron chi connectivity index (χ0n) is 34.1. The van der Waals surface area contributed by atoms with Crippen LogP contribution in [0.4, 0.5) is 0 Å². The molecule has 4 N–H and O–H groups in total. The standard InChI is InChI=1S/C11H12N2O2.2C10H11N3O2.C9H10N4O2/c1-7(8(2)14)13-6-4-9-3-5-12-10(9)11(13)15;1-6(7(2)14)13-4-3-8-9(10(13)15)12-5-11-8;1-6(7(2)14)13-5-12-8-3-4-11-9(8)10(13)15;1-5(6(2)14)13-4-12-8-7(9(13)15)10-3-11-8/h3-7,12H,1-2H3;3-6H,1-2H3,(H,11,12);3-6,11H,1-2H3;3-5H,1-2H3,(H,10,11). The second-order valence-corrected chi connectivity index (χ2v) is 13.9. The number of ketones is 4. The number of pyridine rings is 2. The van der Waals surface area contributed by atoms with E-state index in [1.54, 1.807) is 64.6 Å². The van der Waals surface area contributed by atoms with E-state index >= 15 is 0 Å². The van der Waals surface area contributed by atoms with Gasteiger partial charge in [0.25, 0.3) is 22.2 Å². The van der Waals surface area contributed by atoms with Crippen molar-refractivity contribution in [2.75, 3.05) is 0 Å². The molecule has 312 valence electrons. The van der Waals surface area contributed by atoms with Crippen LogP contribution in [-0.4, -0.2) is 81.3 Å². The summed E-state index contributed by atoms with van der Waals surface area (Å²) in [6.45, 7) is 12.6. The fraction of sp³-hybridized carbons (Fsp3) is 0.300. The van der Waals surface area contributed by atoms with Crippen molar-refractivity contribution in [1.29, 1.82) is 0 Å². The highest BCUT2D eigenvalue weighted by molar-refractivity contribution is 5.83. The minimum absolute atomic E-state index is 0.0250. The minimum Gasteiger partial charge on any atom is -0.357 e. The van der Waals surface area contributed by atoms with Crippen molar-refractivity contribution in [1.82, 2.24) is 58.1 Å². The summed E-state index contributed by atoms with van der Waals surface area (Å²) in [5, 5.41) is 0.868. The Morgan fingerprint density at radius 2 is 0.983 bits per heavy atom. The molecule has 0 aliphatic rings. The third kappa shape index (κ3) is 9.06. The Hall–Kier alpha value is -7.64. The van der Waals surface area contributed by atoms with Gasteiger partial charge >= 0.3 is 0 Å². The van der Waals surface area contributed by atoms with E-state index in [4.69, 9.17) is 0 Å². The molecule has 4 atom stereocenters. The van der Waals surface area contributed by atoms with Gasteiger partial charge in [0.05, 0.1) is 54.2 Å². The van der Waals surface area contributed by atoms with Crippen LogP contribution in [0.3, 0.4) is 0 Å². The van der Waals surface area contributed by atoms with E-state index in [-0.39, 0.29) is 45.4 Å². The number of fused-ring (bicyclic) bond motifs is 4. The van der Waals surface area contributed by atoms with Crippen molar-refractivity contribution in [2.24, 2.45) is 0 Å². The summed E-state index contributed by atoms with van der Waals surface area (Å²) in [5.41, 5.74) is 2.46. The molecule has 0 aromatic carbocycles. The molecule has 0 saturated heterocycles. The molecule has 0 saturated carbocycles. The van der Waals surface area contributed by atoms with Crippen LogP contribution in [0.25, 0.3) is 44.1 Å². The van der Waals surface area contributed by atoms with Crippen molar-refractivity contribution >= 4 is 67.3 Å². The fourth-order valence-electron chi connectivity index (χ4n) is 5.74. The van der Waals surface area contributed by atoms with Gasteiger partial charge in [-0.25, -0.2) is 19.9 Å². The molecule has 60 heavy (non-hydrogen) atoms. The molecule has 0 bridgehead atoms. The molecule has 20 heteroatoms. The van der Waals surface area contributed by atoms with Crippen molar-refractivity contribution < 1.29 is 19.2 Å². The van der Waals surface area contributed by atoms with Crippen molar-refractivity contribution in [3.05, 3.63) is 116 Å². The number of hydrogen-bond acceptors (Lipinski definition) is 12. The lowest BCUT2D eigenvalue weighted by molar-refractivity contribution is -0.120. The molecule has 0 amide bonds. The smallest absolute Gasteiger partial charge is 0.280 e. The predicted molar refractivity (Wildman–Crippen MR) is 223 cm³/mol. The zero-order valence-corrected chi connectivity index (χ0v) is 34.1. The number of Topliss-reactive ketones (excluding diaryl/α,β-unsaturated/α-hetero) is 4. The molecule has 20 nitrogen and oxygen atoms in total. The fourth-order valence-corrected chi connectivity index (χ4v) is 5.74. The Morgan fingerprint density at radius 1 is 0.500 bits per heavy atom. The molecule has 0 spiro atoms. The van der Waals surface area contributed by atoms with Gasteiger partial charge in [-0.1, -0.05) is 0 Å². The van der Waals surface area contributed by atoms with Gasteiger partial charge in [0.2, 0.25) is 0 Å². The number of nitrogens with zero attached hydrogens (tertiary/aromatic N) is 8. The van der Waals surface area contributed by atoms with E-state index in [0.717, 1.165) is 5.39 Å². The summed E-state index contributed by atoms with van der Waals surface area (Å²) in [6, 6.07) is 5.29. The Kier molecular flexibility index (Phi) is 13.3. The number of carbonyl (C=O) groups excluding carboxylic acids is 4. The lowest BCUT2D eigenvalue weighted by atomic mass is 10.2. The normalized spacial score (nSPS) is 12.9. The van der Waals surface area contributed by atoms with Crippen LogP contribution >= 0.6 is 0 Å². The van der Waals surface area contributed by atoms with Gasteiger partial charge < -0.3 is 29.1 Å². The molecule has 0 radical (unpaired) electrons. The number of aromatic amines is 4. The molecule has 8 heterocycles. The Labute approximate surface area is 339 Å². The van der Waals surface area contributed by atoms with Crippen LogP contribution < -0.4 is 22.2 Å². The number of carbonyl (C=O) groups is 4. The van der Waals surface area contributed by atoms with Crippen LogP contribution in [0.5, 0.6) is 0 Å². The van der Waals surface area contributed by atoms with Crippen LogP contribution in [0.1, 0.15) is 79.6 Å². The number of nitrogens with one attached hydrogen (secondary N) is 4. The first kappa shape index (κ1) is 43.5. The van der Waals surface area contributed by atoms with Crippen molar-refractivity contribution in [2.45, 2.75) is 79.6 Å². The lowest BCUT2D eigenvalue weighted by Crippen LogP contribution is -2.27. The van der Waals surface area contributed by atoms with Gasteiger partial charge in [0.15, 0.2) is 39.8 Å². The second kappa shape index (κ2) is 18.3. The molecule has 8 rings (SSSR count). The van der Waals surface area contributed by atoms with Crippen LogP contribution in [0, 0.1) is 0 Å². The van der Waals surface area contributed by atoms with Gasteiger partial charge in [0, 0.05) is 30.2 Å². The molecule has 8 aromatic heterocycles. The molecular formula is C40H44N12O8. The maximum atomic E-state index is 11.9. The Morgan fingerprint density at radius 3 is 1.60 bits per heavy atom. The first-order valence-corrected chi connectivity index (χ1v) is 18.6. The highest BCUT2D eigenvalue weighted by atomic mass is 16.2. The minimum atomic E-state index is -0.502. The van der Waals surface area contributed by atoms with Crippen molar-refractivity contribution in [3.63, 3.8) is 0 Å². The molecular weight excluding hydrogens is 777 g/mol. The van der Waals surface area contributed by atoms with Gasteiger partial charge in [-0.3, -0.25) is 47.5 Å². The highest BCUT2D eigenvalue weighted by Gasteiger charge is 2.17. The number of H-pyrrole nitrogens is 4. The maximum Gasteiger partial charge on any atom is 0.280 e. The summed E-state index contributed by atoms with van der Waals surface area (Å²) in [5.74, 6) is -0.224. The summed E-state index contributed by atoms with van der Waals surface area (Å²) >= 11 is 0. The number of imidazole rings is 2. The topological polar surface area (TPSA) is 271 Å². The molecule has 0 fully saturated rings. The zero-order chi connectivity index (χ0) is 44.0. The first-order chi connectivity index (χ1) is 28.4. The maximum absolute atomic E-state index is 11.9. The molecule has 0 aliphatic heterocycles. The summed E-state index contributed by atoms with van der Waals surface area (Å²) in [6.07, 6.45) is 12.3. The predicted octanol–water partition coefficient (Wildman–Crippen LogP) is 3.50. The number of rotatable bonds is 8. The molecule has 8 aromatic rings. The monoisotopic (exact) mass is 820 g/mol. The van der Waals surface area contributed by atoms with E-state index in [1.165, 1.54) is 71.3 Å². The SMILES string of the molecule is CC(=O)C(C)n1ccc2[nH]cnc2c1=O.CC(=O)C(C)n1ccc2cc[nH]c2c1=O.CC(=O)C(C)n1cnc2cc[nH]c2c1=O.CC(=O)C(C)n1cnc2nc[nH]c2c1=O. The van der Waals surface area contributed by atoms with Gasteiger partial charge in [-0.15, -0.1) is 0 Å².